The van der Waals surface area contributed by atoms with Crippen molar-refractivity contribution >= 4 is 11.8 Å². The SMILES string of the molecule is O=C(NCC#Cc1ccccc1)C(=O)N1CCOC(c2ccccc2)C1. The van der Waals surface area contributed by atoms with Crippen molar-refractivity contribution in [1.29, 1.82) is 0 Å². The molecule has 5 heteroatoms. The standard InChI is InChI=1S/C21H20N2O3/c24-20(22-13-7-10-17-8-3-1-4-9-17)21(25)23-14-15-26-19(16-23)18-11-5-2-6-12-18/h1-6,8-9,11-12,19H,13-16H2,(H,22,24). The molecular weight excluding hydrogens is 328 g/mol. The van der Waals surface area contributed by atoms with Crippen LogP contribution in [-0.2, 0) is 14.3 Å². The predicted octanol–water partition coefficient (Wildman–Crippen LogP) is 1.75. The molecule has 1 atom stereocenters. The third kappa shape index (κ3) is 4.71. The highest BCUT2D eigenvalue weighted by atomic mass is 16.5. The van der Waals surface area contributed by atoms with Crippen molar-refractivity contribution in [2.24, 2.45) is 0 Å². The summed E-state index contributed by atoms with van der Waals surface area (Å²) in [5, 5.41) is 2.56. The van der Waals surface area contributed by atoms with E-state index in [1.807, 2.05) is 60.7 Å². The fourth-order valence-corrected chi connectivity index (χ4v) is 2.71. The van der Waals surface area contributed by atoms with E-state index in [4.69, 9.17) is 4.74 Å². The molecule has 1 aliphatic rings. The third-order valence-corrected chi connectivity index (χ3v) is 4.06. The van der Waals surface area contributed by atoms with Gasteiger partial charge in [-0.25, -0.2) is 0 Å². The Morgan fingerprint density at radius 2 is 1.77 bits per heavy atom. The molecule has 0 bridgehead atoms. The molecule has 1 fully saturated rings. The van der Waals surface area contributed by atoms with Gasteiger partial charge in [0.1, 0.15) is 6.10 Å². The number of ether oxygens (including phenoxy) is 1. The second kappa shape index (κ2) is 8.84. The van der Waals surface area contributed by atoms with Gasteiger partial charge >= 0.3 is 11.8 Å². The highest BCUT2D eigenvalue weighted by Gasteiger charge is 2.28. The van der Waals surface area contributed by atoms with E-state index in [1.54, 1.807) is 0 Å². The fourth-order valence-electron chi connectivity index (χ4n) is 2.71. The summed E-state index contributed by atoms with van der Waals surface area (Å²) in [6.45, 7) is 1.32. The van der Waals surface area contributed by atoms with Gasteiger partial charge in [-0.1, -0.05) is 60.4 Å². The van der Waals surface area contributed by atoms with E-state index in [-0.39, 0.29) is 12.6 Å². The van der Waals surface area contributed by atoms with Crippen molar-refractivity contribution in [3.8, 4) is 11.8 Å². The third-order valence-electron chi connectivity index (χ3n) is 4.06. The molecule has 0 saturated carbocycles. The molecule has 1 heterocycles. The van der Waals surface area contributed by atoms with E-state index in [2.05, 4.69) is 17.2 Å². The molecule has 3 rings (SSSR count). The molecule has 2 aromatic rings. The second-order valence-corrected chi connectivity index (χ2v) is 5.87. The maximum absolute atomic E-state index is 12.3. The van der Waals surface area contributed by atoms with E-state index in [1.165, 1.54) is 4.90 Å². The minimum absolute atomic E-state index is 0.131. The summed E-state index contributed by atoms with van der Waals surface area (Å²) in [5.41, 5.74) is 1.87. The zero-order chi connectivity index (χ0) is 18.2. The quantitative estimate of drug-likeness (QED) is 0.665. The van der Waals surface area contributed by atoms with Crippen LogP contribution < -0.4 is 5.32 Å². The summed E-state index contributed by atoms with van der Waals surface area (Å²) in [6.07, 6.45) is -0.209. The molecule has 26 heavy (non-hydrogen) atoms. The van der Waals surface area contributed by atoms with Crippen LogP contribution in [0.2, 0.25) is 0 Å². The summed E-state index contributed by atoms with van der Waals surface area (Å²) < 4.78 is 5.72. The zero-order valence-electron chi connectivity index (χ0n) is 14.4. The van der Waals surface area contributed by atoms with E-state index < -0.39 is 11.8 Å². The first-order chi connectivity index (χ1) is 12.7. The number of benzene rings is 2. The Kier molecular flexibility index (Phi) is 6.02. The molecule has 1 aliphatic heterocycles. The zero-order valence-corrected chi connectivity index (χ0v) is 14.4. The van der Waals surface area contributed by atoms with Gasteiger partial charge in [0.2, 0.25) is 0 Å². The Labute approximate surface area is 153 Å². The van der Waals surface area contributed by atoms with Crippen LogP contribution >= 0.6 is 0 Å². The highest BCUT2D eigenvalue weighted by molar-refractivity contribution is 6.35. The molecule has 1 unspecified atom stereocenters. The first-order valence-corrected chi connectivity index (χ1v) is 8.51. The number of carbonyl (C=O) groups is 2. The number of nitrogens with one attached hydrogen (secondary N) is 1. The monoisotopic (exact) mass is 348 g/mol. The van der Waals surface area contributed by atoms with Crippen LogP contribution in [0, 0.1) is 11.8 Å². The van der Waals surface area contributed by atoms with Gasteiger partial charge in [0.05, 0.1) is 19.7 Å². The Bertz CT molecular complexity index is 809. The molecule has 2 aromatic carbocycles. The van der Waals surface area contributed by atoms with Gasteiger partial charge in [-0.3, -0.25) is 9.59 Å². The number of hydrogen-bond acceptors (Lipinski definition) is 3. The molecule has 1 N–H and O–H groups in total. The summed E-state index contributed by atoms with van der Waals surface area (Å²) >= 11 is 0. The molecule has 2 amide bonds. The minimum atomic E-state index is -0.638. The number of amides is 2. The van der Waals surface area contributed by atoms with Crippen molar-refractivity contribution in [2.75, 3.05) is 26.2 Å². The van der Waals surface area contributed by atoms with E-state index >= 15 is 0 Å². The summed E-state index contributed by atoms with van der Waals surface area (Å²) in [4.78, 5) is 26.0. The molecule has 132 valence electrons. The number of carbonyl (C=O) groups excluding carboxylic acids is 2. The van der Waals surface area contributed by atoms with Crippen LogP contribution in [0.5, 0.6) is 0 Å². The van der Waals surface area contributed by atoms with Crippen LogP contribution in [0.4, 0.5) is 0 Å². The summed E-state index contributed by atoms with van der Waals surface area (Å²) in [7, 11) is 0. The maximum atomic E-state index is 12.3. The van der Waals surface area contributed by atoms with Crippen LogP contribution in [0.3, 0.4) is 0 Å². The lowest BCUT2D eigenvalue weighted by Crippen LogP contribution is -2.48. The van der Waals surface area contributed by atoms with Crippen LogP contribution in [0.1, 0.15) is 17.2 Å². The van der Waals surface area contributed by atoms with Crippen LogP contribution in [-0.4, -0.2) is 43.0 Å². The largest absolute Gasteiger partial charge is 0.370 e. The number of hydrogen-bond donors (Lipinski definition) is 1. The Morgan fingerprint density at radius 3 is 2.50 bits per heavy atom. The second-order valence-electron chi connectivity index (χ2n) is 5.87. The lowest BCUT2D eigenvalue weighted by atomic mass is 10.1. The van der Waals surface area contributed by atoms with Gasteiger partial charge in [-0.05, 0) is 17.7 Å². The Hall–Kier alpha value is -3.10. The van der Waals surface area contributed by atoms with Gasteiger partial charge in [0.15, 0.2) is 0 Å². The average molecular weight is 348 g/mol. The van der Waals surface area contributed by atoms with Crippen molar-refractivity contribution in [2.45, 2.75) is 6.10 Å². The maximum Gasteiger partial charge on any atom is 0.312 e. The van der Waals surface area contributed by atoms with Crippen molar-refractivity contribution < 1.29 is 14.3 Å². The molecule has 0 spiro atoms. The van der Waals surface area contributed by atoms with E-state index in [9.17, 15) is 9.59 Å². The molecular formula is C21H20N2O3. The van der Waals surface area contributed by atoms with Gasteiger partial charge in [0.25, 0.3) is 0 Å². The normalized spacial score (nSPS) is 16.3. The van der Waals surface area contributed by atoms with Gasteiger partial charge in [-0.15, -0.1) is 0 Å². The molecule has 0 aromatic heterocycles. The number of rotatable bonds is 2. The summed E-state index contributed by atoms with van der Waals surface area (Å²) in [5.74, 6) is 4.60. The molecule has 0 radical (unpaired) electrons. The van der Waals surface area contributed by atoms with Gasteiger partial charge < -0.3 is 15.0 Å². The molecule has 0 aliphatic carbocycles. The molecule has 1 saturated heterocycles. The van der Waals surface area contributed by atoms with E-state index in [0.717, 1.165) is 11.1 Å². The smallest absolute Gasteiger partial charge is 0.312 e. The Balaban J connectivity index is 1.52. The topological polar surface area (TPSA) is 58.6 Å². The fraction of sp³-hybridized carbons (Fsp3) is 0.238. The van der Waals surface area contributed by atoms with Crippen molar-refractivity contribution in [3.63, 3.8) is 0 Å². The highest BCUT2D eigenvalue weighted by Crippen LogP contribution is 2.21. The number of nitrogens with zero attached hydrogens (tertiary/aromatic N) is 1. The first kappa shape index (κ1) is 17.7. The minimum Gasteiger partial charge on any atom is -0.370 e. The first-order valence-electron chi connectivity index (χ1n) is 8.51. The van der Waals surface area contributed by atoms with Crippen LogP contribution in [0.25, 0.3) is 0 Å². The number of morpholine rings is 1. The average Bonchev–Trinajstić information content (AvgIpc) is 2.72. The molecule has 5 nitrogen and oxygen atoms in total. The summed E-state index contributed by atoms with van der Waals surface area (Å²) in [6, 6.07) is 19.2. The van der Waals surface area contributed by atoms with Crippen LogP contribution in [0.15, 0.2) is 60.7 Å². The lowest BCUT2D eigenvalue weighted by molar-refractivity contribution is -0.150. The van der Waals surface area contributed by atoms with Gasteiger partial charge in [-0.2, -0.15) is 0 Å². The predicted molar refractivity (Wildman–Crippen MR) is 98.0 cm³/mol. The van der Waals surface area contributed by atoms with Gasteiger partial charge in [0, 0.05) is 12.1 Å². The van der Waals surface area contributed by atoms with E-state index in [0.29, 0.717) is 19.7 Å². The van der Waals surface area contributed by atoms with Crippen molar-refractivity contribution in [1.82, 2.24) is 10.2 Å². The van der Waals surface area contributed by atoms with Crippen molar-refractivity contribution in [3.05, 3.63) is 71.8 Å². The Morgan fingerprint density at radius 1 is 1.08 bits per heavy atom. The lowest BCUT2D eigenvalue weighted by Gasteiger charge is -2.32.